The topological polar surface area (TPSA) is 156 Å². The van der Waals surface area contributed by atoms with Crippen LogP contribution in [0.5, 0.6) is 0 Å². The van der Waals surface area contributed by atoms with E-state index >= 15 is 0 Å². The minimum absolute atomic E-state index is 0.0312. The van der Waals surface area contributed by atoms with E-state index in [2.05, 4.69) is 0 Å². The van der Waals surface area contributed by atoms with Crippen LogP contribution < -0.4 is 0 Å². The molecule has 1 heterocycles. The molecule has 10 nitrogen and oxygen atoms in total. The van der Waals surface area contributed by atoms with Gasteiger partial charge >= 0.3 is 0 Å². The van der Waals surface area contributed by atoms with Crippen LogP contribution in [0, 0.1) is 0 Å². The highest BCUT2D eigenvalue weighted by molar-refractivity contribution is 7.48. The molecule has 0 saturated carbocycles. The Bertz CT molecular complexity index is 1880. The Balaban J connectivity index is 1.37. The first kappa shape index (κ1) is 30.2. The number of hydrogen-bond acceptors (Lipinski definition) is 6. The van der Waals surface area contributed by atoms with Gasteiger partial charge in [-0.05, 0) is 56.0 Å². The van der Waals surface area contributed by atoms with Gasteiger partial charge in [0.2, 0.25) is 32.1 Å². The van der Waals surface area contributed by atoms with Crippen molar-refractivity contribution in [3.8, 4) is 0 Å². The highest BCUT2D eigenvalue weighted by Crippen LogP contribution is 2.65. The predicted molar refractivity (Wildman–Crippen MR) is 175 cm³/mol. The summed E-state index contributed by atoms with van der Waals surface area (Å²) in [6, 6.07) is 21.8. The van der Waals surface area contributed by atoms with Gasteiger partial charge in [-0.25, -0.2) is 0 Å². The first-order valence-electron chi connectivity index (χ1n) is 14.1. The van der Waals surface area contributed by atoms with Gasteiger partial charge in [0.1, 0.15) is 0 Å². The van der Waals surface area contributed by atoms with Gasteiger partial charge in [-0.15, -0.1) is 0 Å². The van der Waals surface area contributed by atoms with E-state index in [4.69, 9.17) is 0 Å². The van der Waals surface area contributed by atoms with Crippen LogP contribution in [0.25, 0.3) is 33.7 Å². The number of piperazine rings is 1. The first-order chi connectivity index (χ1) is 21.1. The lowest BCUT2D eigenvalue weighted by molar-refractivity contribution is 0.0584. The standard InChI is InChI=1S/C30H30N2O8P4/c33-41(34)25-17-21-9-1-5-19-7-3-11-23(27(19)21)29(25,43(37)38)31-13-15-32(16-14-31)30(44(39)40)24-12-4-8-20-6-2-10-22(28(20)24)18-26(30)42(35)36/h1-12,17-18,41-44H,13-16H2,(H,33,34)(H,35,36)(H,37,38)(H,39,40). The second-order valence-electron chi connectivity index (χ2n) is 11.2. The van der Waals surface area contributed by atoms with Gasteiger partial charge in [-0.1, -0.05) is 72.8 Å². The minimum Gasteiger partial charge on any atom is -0.345 e. The highest BCUT2D eigenvalue weighted by Gasteiger charge is 2.56. The van der Waals surface area contributed by atoms with Crippen LogP contribution in [-0.2, 0) is 28.8 Å². The van der Waals surface area contributed by atoms with Crippen LogP contribution in [0.2, 0.25) is 0 Å². The molecule has 228 valence electrons. The van der Waals surface area contributed by atoms with E-state index in [0.29, 0.717) is 22.3 Å². The molecule has 1 fully saturated rings. The van der Waals surface area contributed by atoms with Crippen LogP contribution >= 0.6 is 32.1 Å². The Kier molecular flexibility index (Phi) is 7.64. The number of benzene rings is 4. The zero-order valence-electron chi connectivity index (χ0n) is 23.2. The molecule has 7 rings (SSSR count). The Labute approximate surface area is 255 Å². The Morgan fingerprint density at radius 1 is 0.523 bits per heavy atom. The largest absolute Gasteiger partial charge is 0.345 e. The van der Waals surface area contributed by atoms with Crippen LogP contribution in [0.3, 0.4) is 0 Å². The van der Waals surface area contributed by atoms with E-state index in [1.54, 1.807) is 46.2 Å². The van der Waals surface area contributed by atoms with Crippen LogP contribution in [-0.4, -0.2) is 55.6 Å². The van der Waals surface area contributed by atoms with Gasteiger partial charge in [0.05, 0.1) is 0 Å². The maximum absolute atomic E-state index is 13.6. The maximum atomic E-state index is 13.6. The second-order valence-corrected chi connectivity index (χ2v) is 16.2. The fourth-order valence-corrected chi connectivity index (χ4v) is 13.1. The van der Waals surface area contributed by atoms with Gasteiger partial charge in [0.25, 0.3) is 0 Å². The minimum atomic E-state index is -3.59. The second kappa shape index (κ2) is 11.1. The van der Waals surface area contributed by atoms with Crippen LogP contribution in [0.1, 0.15) is 22.3 Å². The average molecular weight is 670 g/mol. The quantitative estimate of drug-likeness (QED) is 0.201. The molecule has 44 heavy (non-hydrogen) atoms. The van der Waals surface area contributed by atoms with Gasteiger partial charge in [0, 0.05) is 36.8 Å². The SMILES string of the molecule is O=[PH](O)C1=Cc2cccc3cccc(c23)C1(N1CCN(C2([PH](=O)O)C([PH](=O)O)=Cc3cccc4cccc2c34)CC1)[PH](=O)O. The summed E-state index contributed by atoms with van der Waals surface area (Å²) in [5, 5.41) is -0.484. The lowest BCUT2D eigenvalue weighted by Gasteiger charge is -2.52. The molecule has 0 amide bonds. The first-order valence-corrected chi connectivity index (χ1v) is 19.5. The molecule has 2 aliphatic carbocycles. The highest BCUT2D eigenvalue weighted by atomic mass is 31.1. The predicted octanol–water partition coefficient (Wildman–Crippen LogP) is 5.19. The molecule has 4 aromatic carbocycles. The maximum Gasteiger partial charge on any atom is 0.217 e. The fraction of sp³-hybridized carbons (Fsp3) is 0.200. The number of hydrogen-bond donors (Lipinski definition) is 4. The summed E-state index contributed by atoms with van der Waals surface area (Å²) in [7, 11) is -14.1. The summed E-state index contributed by atoms with van der Waals surface area (Å²) in [5.74, 6) is 0. The molecule has 14 heteroatoms. The summed E-state index contributed by atoms with van der Waals surface area (Å²) in [5.41, 5.74) is 2.32. The molecule has 3 aliphatic rings. The molecule has 1 saturated heterocycles. The summed E-state index contributed by atoms with van der Waals surface area (Å²) < 4.78 is 53.1. The van der Waals surface area contributed by atoms with Gasteiger partial charge in [-0.2, -0.15) is 0 Å². The molecule has 6 unspecified atom stereocenters. The molecule has 0 aromatic heterocycles. The van der Waals surface area contributed by atoms with Crippen molar-refractivity contribution in [2.45, 2.75) is 10.6 Å². The van der Waals surface area contributed by atoms with Gasteiger partial charge in [0.15, 0.2) is 10.6 Å². The Morgan fingerprint density at radius 3 is 1.18 bits per heavy atom. The van der Waals surface area contributed by atoms with Crippen molar-refractivity contribution in [2.75, 3.05) is 26.2 Å². The molecule has 6 atom stereocenters. The Morgan fingerprint density at radius 2 is 0.864 bits per heavy atom. The Hall–Kier alpha value is -2.44. The van der Waals surface area contributed by atoms with E-state index in [-0.39, 0.29) is 36.8 Å². The lowest BCUT2D eigenvalue weighted by atomic mass is 9.87. The molecule has 0 spiro atoms. The van der Waals surface area contributed by atoms with E-state index in [1.807, 2.05) is 48.5 Å². The van der Waals surface area contributed by atoms with Crippen molar-refractivity contribution in [3.05, 3.63) is 106 Å². The van der Waals surface area contributed by atoms with Gasteiger partial charge in [-0.3, -0.25) is 28.1 Å². The van der Waals surface area contributed by atoms with E-state index in [0.717, 1.165) is 21.5 Å². The molecular formula is C30H30N2O8P4. The third-order valence-corrected chi connectivity index (χ3v) is 14.7. The zero-order chi connectivity index (χ0) is 31.0. The van der Waals surface area contributed by atoms with Crippen molar-refractivity contribution in [1.29, 1.82) is 0 Å². The average Bonchev–Trinajstić information content (AvgIpc) is 3.01. The van der Waals surface area contributed by atoms with Crippen LogP contribution in [0.4, 0.5) is 0 Å². The van der Waals surface area contributed by atoms with Gasteiger partial charge < -0.3 is 19.6 Å². The van der Waals surface area contributed by atoms with E-state index in [1.165, 1.54) is 0 Å². The molecule has 0 radical (unpaired) electrons. The smallest absolute Gasteiger partial charge is 0.217 e. The van der Waals surface area contributed by atoms with Crippen LogP contribution in [0.15, 0.2) is 83.4 Å². The molecule has 4 aromatic rings. The monoisotopic (exact) mass is 670 g/mol. The lowest BCUT2D eigenvalue weighted by Crippen LogP contribution is -2.59. The third kappa shape index (κ3) is 4.11. The van der Waals surface area contributed by atoms with E-state index < -0.39 is 42.7 Å². The van der Waals surface area contributed by atoms with Crippen molar-refractivity contribution in [1.82, 2.24) is 9.80 Å². The molecular weight excluding hydrogens is 640 g/mol. The third-order valence-electron chi connectivity index (χ3n) is 9.34. The summed E-state index contributed by atoms with van der Waals surface area (Å²) in [6.07, 6.45) is 3.10. The normalized spacial score (nSPS) is 26.5. The van der Waals surface area contributed by atoms with E-state index in [9.17, 15) is 37.8 Å². The summed E-state index contributed by atoms with van der Waals surface area (Å²) in [4.78, 5) is 46.8. The van der Waals surface area contributed by atoms with Crippen molar-refractivity contribution in [2.24, 2.45) is 0 Å². The van der Waals surface area contributed by atoms with Crippen molar-refractivity contribution in [3.63, 3.8) is 0 Å². The number of nitrogens with zero attached hydrogens (tertiary/aromatic N) is 2. The molecule has 4 N–H and O–H groups in total. The fourth-order valence-electron chi connectivity index (χ4n) is 7.62. The molecule has 0 bridgehead atoms. The number of rotatable bonds is 6. The zero-order valence-corrected chi connectivity index (χ0v) is 27.2. The summed E-state index contributed by atoms with van der Waals surface area (Å²) >= 11 is 0. The molecule has 1 aliphatic heterocycles. The van der Waals surface area contributed by atoms with Crippen molar-refractivity contribution < 1.29 is 37.8 Å². The van der Waals surface area contributed by atoms with Crippen molar-refractivity contribution >= 4 is 65.8 Å². The summed E-state index contributed by atoms with van der Waals surface area (Å²) in [6.45, 7) is 0.318.